The van der Waals surface area contributed by atoms with Crippen molar-refractivity contribution < 1.29 is 48.3 Å². The van der Waals surface area contributed by atoms with Crippen LogP contribution in [0.5, 0.6) is 0 Å². The molecule has 0 bridgehead atoms. The van der Waals surface area contributed by atoms with Crippen LogP contribution in [0, 0.1) is 5.92 Å². The van der Waals surface area contributed by atoms with Gasteiger partial charge in [-0.25, -0.2) is 0 Å². The number of hydrogen-bond acceptors (Lipinski definition) is 13. The number of carbonyl (C=O) groups is 9. The van der Waals surface area contributed by atoms with Crippen LogP contribution in [0.4, 0.5) is 0 Å². The van der Waals surface area contributed by atoms with E-state index in [9.17, 15) is 43.2 Å². The number of aliphatic carboxylic acids is 1. The van der Waals surface area contributed by atoms with Crippen LogP contribution >= 0.6 is 24.4 Å². The van der Waals surface area contributed by atoms with Gasteiger partial charge in [-0.1, -0.05) is 13.8 Å². The first-order chi connectivity index (χ1) is 27.3. The number of amides is 8. The summed E-state index contributed by atoms with van der Waals surface area (Å²) in [4.78, 5) is 120. The molecule has 6 atom stereocenters. The summed E-state index contributed by atoms with van der Waals surface area (Å²) in [5, 5.41) is 23.5. The first kappa shape index (κ1) is 51.2. The maximum atomic E-state index is 13.9. The van der Waals surface area contributed by atoms with Crippen molar-refractivity contribution in [2.75, 3.05) is 43.9 Å². The smallest absolute Gasteiger partial charge is 0.322 e. The molecule has 0 radical (unpaired) electrons. The number of nitrogens with two attached hydrogens (primary N) is 4. The van der Waals surface area contributed by atoms with Crippen LogP contribution in [0.15, 0.2) is 4.99 Å². The van der Waals surface area contributed by atoms with E-state index in [1.807, 2.05) is 20.1 Å². The van der Waals surface area contributed by atoms with Gasteiger partial charge >= 0.3 is 5.97 Å². The summed E-state index contributed by atoms with van der Waals surface area (Å²) in [6.07, 6.45) is 3.12. The van der Waals surface area contributed by atoms with Crippen molar-refractivity contribution in [3.05, 3.63) is 0 Å². The number of carboxylic acids is 1. The Labute approximate surface area is 347 Å². The third kappa shape index (κ3) is 19.5. The molecule has 328 valence electrons. The van der Waals surface area contributed by atoms with Gasteiger partial charge < -0.3 is 64.8 Å². The van der Waals surface area contributed by atoms with Gasteiger partial charge in [0.25, 0.3) is 0 Å². The third-order valence-corrected chi connectivity index (χ3v) is 9.70. The fourth-order valence-electron chi connectivity index (χ4n) is 5.73. The van der Waals surface area contributed by atoms with E-state index in [1.165, 1.54) is 16.7 Å². The molecule has 0 aliphatic carbocycles. The predicted octanol–water partition coefficient (Wildman–Crippen LogP) is -4.39. The van der Waals surface area contributed by atoms with Gasteiger partial charge in [0.05, 0.1) is 12.6 Å². The fraction of sp³-hybridized carbons (Fsp3) is 0.706. The summed E-state index contributed by atoms with van der Waals surface area (Å²) in [6.45, 7) is 2.63. The molecule has 0 aromatic carbocycles. The standard InChI is InChI=1S/C34H60N12O10S2/c1-18(2)14-22(31(54)45-23(17-57)30(53)40-15-26(48)42-20(8-9-25(36)47)29(52)41-16-27(49)50)44-32(55)24-7-5-12-46(24)33(56)21(6-4-11-39-34(37)38)43-28(51)19(35)10-13-58-3/h18-24,57H,4-17,35H2,1-3H3,(H2,36,47)(H,40,53)(H,41,52)(H,42,48)(H,43,51)(H,44,55)(H,45,54)(H,49,50)(H4,37,38,39)/t19-,20-,21-,22-,23-,24-/m0/s1. The van der Waals surface area contributed by atoms with Gasteiger partial charge in [0, 0.05) is 25.3 Å². The van der Waals surface area contributed by atoms with Gasteiger partial charge in [0.1, 0.15) is 36.8 Å². The Morgan fingerprint density at radius 3 is 2.05 bits per heavy atom. The predicted molar refractivity (Wildman–Crippen MR) is 219 cm³/mol. The van der Waals surface area contributed by atoms with E-state index < -0.39 is 103 Å². The average Bonchev–Trinajstić information content (AvgIpc) is 3.66. The Balaban J connectivity index is 3.04. The van der Waals surface area contributed by atoms with E-state index in [0.717, 1.165) is 0 Å². The summed E-state index contributed by atoms with van der Waals surface area (Å²) in [5.74, 6) is -6.89. The number of aliphatic imine (C=N–C) groups is 1. The minimum Gasteiger partial charge on any atom is -0.480 e. The van der Waals surface area contributed by atoms with Gasteiger partial charge in [0.15, 0.2) is 5.96 Å². The number of thioether (sulfide) groups is 1. The molecule has 1 aliphatic rings. The fourth-order valence-corrected chi connectivity index (χ4v) is 6.48. The van der Waals surface area contributed by atoms with E-state index in [0.29, 0.717) is 25.0 Å². The average molecular weight is 861 g/mol. The van der Waals surface area contributed by atoms with E-state index >= 15 is 0 Å². The molecule has 0 aromatic heterocycles. The lowest BCUT2D eigenvalue weighted by Gasteiger charge is -2.31. The van der Waals surface area contributed by atoms with Crippen molar-refractivity contribution >= 4 is 83.6 Å². The number of hydrogen-bond donors (Lipinski definition) is 12. The number of guanidine groups is 1. The molecule has 0 aromatic rings. The zero-order valence-electron chi connectivity index (χ0n) is 33.1. The van der Waals surface area contributed by atoms with E-state index in [1.54, 1.807) is 0 Å². The van der Waals surface area contributed by atoms with Crippen molar-refractivity contribution in [1.82, 2.24) is 36.8 Å². The largest absolute Gasteiger partial charge is 0.480 e. The number of likely N-dealkylation sites (tertiary alicyclic amines) is 1. The van der Waals surface area contributed by atoms with Gasteiger partial charge in [0.2, 0.25) is 47.3 Å². The Kier molecular flexibility index (Phi) is 23.8. The Bertz CT molecular complexity index is 1480. The second kappa shape index (κ2) is 27.0. The van der Waals surface area contributed by atoms with Gasteiger partial charge in [-0.15, -0.1) is 0 Å². The first-order valence-corrected chi connectivity index (χ1v) is 20.8. The lowest BCUT2D eigenvalue weighted by molar-refractivity contribution is -0.142. The van der Waals surface area contributed by atoms with Crippen molar-refractivity contribution in [2.24, 2.45) is 33.8 Å². The number of nitrogens with zero attached hydrogens (tertiary/aromatic N) is 2. The lowest BCUT2D eigenvalue weighted by atomic mass is 10.0. The molecular weight excluding hydrogens is 801 g/mol. The lowest BCUT2D eigenvalue weighted by Crippen LogP contribution is -2.59. The highest BCUT2D eigenvalue weighted by Gasteiger charge is 2.39. The highest BCUT2D eigenvalue weighted by Crippen LogP contribution is 2.21. The molecule has 22 nitrogen and oxygen atoms in total. The van der Waals surface area contributed by atoms with Crippen LogP contribution in [0.25, 0.3) is 0 Å². The molecule has 1 fully saturated rings. The minimum absolute atomic E-state index is 0.111. The van der Waals surface area contributed by atoms with E-state index in [4.69, 9.17) is 28.0 Å². The Morgan fingerprint density at radius 2 is 1.47 bits per heavy atom. The number of rotatable bonds is 27. The van der Waals surface area contributed by atoms with Crippen LogP contribution in [0.1, 0.15) is 65.2 Å². The summed E-state index contributed by atoms with van der Waals surface area (Å²) in [6, 6.07) is -6.63. The van der Waals surface area contributed by atoms with Gasteiger partial charge in [-0.3, -0.25) is 48.1 Å². The van der Waals surface area contributed by atoms with Crippen LogP contribution in [0.2, 0.25) is 0 Å². The van der Waals surface area contributed by atoms with Crippen molar-refractivity contribution in [2.45, 2.75) is 101 Å². The zero-order chi connectivity index (χ0) is 43.9. The van der Waals surface area contributed by atoms with Crippen molar-refractivity contribution in [3.8, 4) is 0 Å². The summed E-state index contributed by atoms with van der Waals surface area (Å²) in [5.41, 5.74) is 22.0. The molecule has 15 N–H and O–H groups in total. The second-order valence-corrected chi connectivity index (χ2v) is 15.3. The molecule has 1 saturated heterocycles. The zero-order valence-corrected chi connectivity index (χ0v) is 34.8. The second-order valence-electron chi connectivity index (χ2n) is 14.0. The van der Waals surface area contributed by atoms with Crippen LogP contribution < -0.4 is 54.8 Å². The minimum atomic E-state index is -1.34. The third-order valence-electron chi connectivity index (χ3n) is 8.69. The number of carbonyl (C=O) groups excluding carboxylic acids is 8. The molecule has 24 heteroatoms. The quantitative estimate of drug-likeness (QED) is 0.0161. The first-order valence-electron chi connectivity index (χ1n) is 18.8. The van der Waals surface area contributed by atoms with Crippen LogP contribution in [0.3, 0.4) is 0 Å². The summed E-state index contributed by atoms with van der Waals surface area (Å²) < 4.78 is 0. The molecule has 1 heterocycles. The molecule has 0 unspecified atom stereocenters. The Hall–Kier alpha value is -4.84. The molecule has 58 heavy (non-hydrogen) atoms. The van der Waals surface area contributed by atoms with Crippen molar-refractivity contribution in [1.29, 1.82) is 0 Å². The topological polar surface area (TPSA) is 366 Å². The number of nitrogens with one attached hydrogen (secondary N) is 6. The summed E-state index contributed by atoms with van der Waals surface area (Å²) >= 11 is 5.68. The van der Waals surface area contributed by atoms with Gasteiger partial charge in [-0.05, 0) is 62.9 Å². The highest BCUT2D eigenvalue weighted by atomic mass is 32.2. The van der Waals surface area contributed by atoms with E-state index in [2.05, 4.69) is 49.5 Å². The molecule has 0 saturated carbocycles. The maximum Gasteiger partial charge on any atom is 0.322 e. The SMILES string of the molecule is CSCC[C@H](N)C(=O)N[C@@H](CCCN=C(N)N)C(=O)N1CCC[C@H]1C(=O)N[C@@H](CC(C)C)C(=O)N[C@@H](CS)C(=O)NCC(=O)N[C@@H](CCC(N)=O)C(=O)NCC(=O)O. The highest BCUT2D eigenvalue weighted by molar-refractivity contribution is 7.98. The van der Waals surface area contributed by atoms with Crippen LogP contribution in [-0.4, -0.2) is 149 Å². The molecule has 1 aliphatic heterocycles. The van der Waals surface area contributed by atoms with Gasteiger partial charge in [-0.2, -0.15) is 24.4 Å². The molecule has 8 amide bonds. The number of primary amides is 1. The molecule has 1 rings (SSSR count). The molecular formula is C34H60N12O10S2. The number of carboxylic acid groups (broad SMARTS) is 1. The molecule has 0 spiro atoms. The maximum absolute atomic E-state index is 13.9. The number of thiol groups is 1. The van der Waals surface area contributed by atoms with Crippen LogP contribution in [-0.2, 0) is 43.2 Å². The Morgan fingerprint density at radius 1 is 0.828 bits per heavy atom. The normalized spacial score (nSPS) is 16.1. The monoisotopic (exact) mass is 860 g/mol. The van der Waals surface area contributed by atoms with Crippen molar-refractivity contribution in [3.63, 3.8) is 0 Å². The van der Waals surface area contributed by atoms with E-state index in [-0.39, 0.29) is 62.8 Å². The summed E-state index contributed by atoms with van der Waals surface area (Å²) in [7, 11) is 0.